The highest BCUT2D eigenvalue weighted by molar-refractivity contribution is 6.03. The highest BCUT2D eigenvalue weighted by atomic mass is 15.2. The van der Waals surface area contributed by atoms with Gasteiger partial charge in [0.25, 0.3) is 0 Å². The Bertz CT molecular complexity index is 235. The number of nitrogens with zero attached hydrogens (tertiary/aromatic N) is 2. The second kappa shape index (κ2) is 2.36. The highest BCUT2D eigenvalue weighted by Gasteiger charge is 2.23. The van der Waals surface area contributed by atoms with Gasteiger partial charge in [-0.25, -0.2) is 0 Å². The van der Waals surface area contributed by atoms with Crippen molar-refractivity contribution in [3.63, 3.8) is 0 Å². The van der Waals surface area contributed by atoms with Crippen LogP contribution in [0.15, 0.2) is 16.3 Å². The van der Waals surface area contributed by atoms with Crippen molar-refractivity contribution in [2.24, 2.45) is 4.99 Å². The Morgan fingerprint density at radius 3 is 2.91 bits per heavy atom. The van der Waals surface area contributed by atoms with E-state index in [0.29, 0.717) is 0 Å². The molecule has 60 valence electrons. The molecule has 0 amide bonds. The van der Waals surface area contributed by atoms with Crippen molar-refractivity contribution in [1.29, 1.82) is 0 Å². The van der Waals surface area contributed by atoms with E-state index in [1.165, 1.54) is 29.8 Å². The number of hydrogen-bond acceptors (Lipinski definition) is 2. The van der Waals surface area contributed by atoms with Gasteiger partial charge in [0, 0.05) is 13.6 Å². The van der Waals surface area contributed by atoms with E-state index in [9.17, 15) is 0 Å². The molecule has 0 atom stereocenters. The standard InChI is InChI=1S/C9H14N2/c1-7-3-4-8-9(7)11(2)6-5-10-8/h3-6H2,1-2H3. The first-order valence-corrected chi connectivity index (χ1v) is 4.23. The second-order valence-electron chi connectivity index (χ2n) is 3.38. The third-order valence-electron chi connectivity index (χ3n) is 2.53. The van der Waals surface area contributed by atoms with Gasteiger partial charge in [0.2, 0.25) is 0 Å². The Labute approximate surface area is 67.6 Å². The number of fused-ring (bicyclic) bond motifs is 1. The van der Waals surface area contributed by atoms with Crippen LogP contribution in [0.5, 0.6) is 0 Å². The normalized spacial score (nSPS) is 23.8. The van der Waals surface area contributed by atoms with Gasteiger partial charge in [-0.2, -0.15) is 0 Å². The zero-order valence-electron chi connectivity index (χ0n) is 7.22. The summed E-state index contributed by atoms with van der Waals surface area (Å²) in [5.41, 5.74) is 4.29. The molecule has 0 spiro atoms. The summed E-state index contributed by atoms with van der Waals surface area (Å²) in [5, 5.41) is 0. The zero-order chi connectivity index (χ0) is 7.84. The van der Waals surface area contributed by atoms with Gasteiger partial charge in [-0.15, -0.1) is 0 Å². The third-order valence-corrected chi connectivity index (χ3v) is 2.53. The number of likely N-dealkylation sites (N-methyl/N-ethyl adjacent to an activating group) is 1. The fourth-order valence-electron chi connectivity index (χ4n) is 1.94. The van der Waals surface area contributed by atoms with Crippen LogP contribution in [0, 0.1) is 0 Å². The van der Waals surface area contributed by atoms with Gasteiger partial charge >= 0.3 is 0 Å². The number of hydrogen-bond donors (Lipinski definition) is 0. The van der Waals surface area contributed by atoms with Gasteiger partial charge in [-0.3, -0.25) is 4.99 Å². The molecule has 2 aliphatic rings. The van der Waals surface area contributed by atoms with Crippen LogP contribution in [0.3, 0.4) is 0 Å². The summed E-state index contributed by atoms with van der Waals surface area (Å²) in [6, 6.07) is 0. The summed E-state index contributed by atoms with van der Waals surface area (Å²) in [5.74, 6) is 0. The maximum atomic E-state index is 4.51. The van der Waals surface area contributed by atoms with Crippen molar-refractivity contribution in [2.45, 2.75) is 19.8 Å². The summed E-state index contributed by atoms with van der Waals surface area (Å²) in [6.45, 7) is 4.30. The molecule has 1 heterocycles. The molecule has 0 unspecified atom stereocenters. The molecular weight excluding hydrogens is 136 g/mol. The predicted octanol–water partition coefficient (Wildman–Crippen LogP) is 1.44. The molecular formula is C9H14N2. The SMILES string of the molecule is CC1=C2C(=NCCN2C)CC1. The van der Waals surface area contributed by atoms with Gasteiger partial charge in [0.1, 0.15) is 0 Å². The first kappa shape index (κ1) is 6.89. The minimum atomic E-state index is 0.989. The highest BCUT2D eigenvalue weighted by Crippen LogP contribution is 2.27. The van der Waals surface area contributed by atoms with Gasteiger partial charge in [-0.1, -0.05) is 0 Å². The minimum absolute atomic E-state index is 0.989. The molecule has 0 saturated carbocycles. The lowest BCUT2D eigenvalue weighted by atomic mass is 10.2. The number of aliphatic imine (C=N–C) groups is 1. The van der Waals surface area contributed by atoms with Gasteiger partial charge in [0.15, 0.2) is 0 Å². The van der Waals surface area contributed by atoms with Crippen LogP contribution in [0.1, 0.15) is 19.8 Å². The quantitative estimate of drug-likeness (QED) is 0.510. The van der Waals surface area contributed by atoms with E-state index in [-0.39, 0.29) is 0 Å². The predicted molar refractivity (Wildman–Crippen MR) is 46.9 cm³/mol. The van der Waals surface area contributed by atoms with Crippen molar-refractivity contribution in [1.82, 2.24) is 4.90 Å². The summed E-state index contributed by atoms with van der Waals surface area (Å²) in [4.78, 5) is 6.85. The molecule has 2 heteroatoms. The van der Waals surface area contributed by atoms with Gasteiger partial charge < -0.3 is 4.90 Å². The average Bonchev–Trinajstić information content (AvgIpc) is 2.34. The summed E-state index contributed by atoms with van der Waals surface area (Å²) in [7, 11) is 2.17. The Morgan fingerprint density at radius 1 is 1.36 bits per heavy atom. The zero-order valence-corrected chi connectivity index (χ0v) is 7.22. The first-order valence-electron chi connectivity index (χ1n) is 4.23. The van der Waals surface area contributed by atoms with Crippen molar-refractivity contribution in [3.05, 3.63) is 11.3 Å². The van der Waals surface area contributed by atoms with E-state index in [0.717, 1.165) is 13.1 Å². The maximum absolute atomic E-state index is 4.51. The number of rotatable bonds is 0. The Hall–Kier alpha value is -0.790. The molecule has 0 bridgehead atoms. The maximum Gasteiger partial charge on any atom is 0.0584 e. The molecule has 0 aromatic carbocycles. The molecule has 0 aromatic heterocycles. The molecule has 0 aromatic rings. The Kier molecular flexibility index (Phi) is 1.48. The Balaban J connectivity index is 2.40. The summed E-state index contributed by atoms with van der Waals surface area (Å²) < 4.78 is 0. The lowest BCUT2D eigenvalue weighted by molar-refractivity contribution is 0.434. The van der Waals surface area contributed by atoms with E-state index >= 15 is 0 Å². The van der Waals surface area contributed by atoms with Crippen molar-refractivity contribution in [2.75, 3.05) is 20.1 Å². The average molecular weight is 150 g/mol. The van der Waals surface area contributed by atoms with E-state index in [4.69, 9.17) is 0 Å². The van der Waals surface area contributed by atoms with E-state index in [1.807, 2.05) is 0 Å². The molecule has 0 radical (unpaired) electrons. The molecule has 2 rings (SSSR count). The largest absolute Gasteiger partial charge is 0.371 e. The topological polar surface area (TPSA) is 15.6 Å². The second-order valence-corrected chi connectivity index (χ2v) is 3.38. The number of allylic oxidation sites excluding steroid dienone is 2. The van der Waals surface area contributed by atoms with E-state index in [2.05, 4.69) is 23.9 Å². The monoisotopic (exact) mass is 150 g/mol. The molecule has 0 N–H and O–H groups in total. The van der Waals surface area contributed by atoms with Crippen molar-refractivity contribution in [3.8, 4) is 0 Å². The fraction of sp³-hybridized carbons (Fsp3) is 0.667. The van der Waals surface area contributed by atoms with E-state index < -0.39 is 0 Å². The van der Waals surface area contributed by atoms with Gasteiger partial charge in [0.05, 0.1) is 18.0 Å². The third kappa shape index (κ3) is 0.971. The van der Waals surface area contributed by atoms with Crippen LogP contribution in [-0.2, 0) is 0 Å². The lowest BCUT2D eigenvalue weighted by Crippen LogP contribution is -2.29. The van der Waals surface area contributed by atoms with Crippen LogP contribution in [0.2, 0.25) is 0 Å². The smallest absolute Gasteiger partial charge is 0.0584 e. The summed E-state index contributed by atoms with van der Waals surface area (Å²) in [6.07, 6.45) is 2.39. The van der Waals surface area contributed by atoms with Crippen LogP contribution >= 0.6 is 0 Å². The van der Waals surface area contributed by atoms with Gasteiger partial charge in [-0.05, 0) is 25.3 Å². The molecule has 11 heavy (non-hydrogen) atoms. The first-order chi connectivity index (χ1) is 5.29. The molecule has 2 nitrogen and oxygen atoms in total. The Morgan fingerprint density at radius 2 is 2.18 bits per heavy atom. The van der Waals surface area contributed by atoms with Crippen molar-refractivity contribution >= 4 is 5.71 Å². The van der Waals surface area contributed by atoms with Crippen molar-refractivity contribution < 1.29 is 0 Å². The van der Waals surface area contributed by atoms with Crippen LogP contribution < -0.4 is 0 Å². The molecule has 1 aliphatic carbocycles. The van der Waals surface area contributed by atoms with Crippen LogP contribution in [0.25, 0.3) is 0 Å². The van der Waals surface area contributed by atoms with Crippen LogP contribution in [0.4, 0.5) is 0 Å². The molecule has 0 fully saturated rings. The molecule has 0 saturated heterocycles. The van der Waals surface area contributed by atoms with Crippen LogP contribution in [-0.4, -0.2) is 30.7 Å². The minimum Gasteiger partial charge on any atom is -0.371 e. The fourth-order valence-corrected chi connectivity index (χ4v) is 1.94. The summed E-state index contributed by atoms with van der Waals surface area (Å²) >= 11 is 0. The van der Waals surface area contributed by atoms with E-state index in [1.54, 1.807) is 0 Å². The lowest BCUT2D eigenvalue weighted by Gasteiger charge is -2.25. The molecule has 1 aliphatic heterocycles.